The van der Waals surface area contributed by atoms with Crippen LogP contribution in [0, 0.1) is 5.92 Å². The minimum atomic E-state index is -0.211. The molecule has 0 radical (unpaired) electrons. The zero-order valence-corrected chi connectivity index (χ0v) is 20.1. The Morgan fingerprint density at radius 2 is 1.90 bits per heavy atom. The van der Waals surface area contributed by atoms with E-state index in [1.165, 1.54) is 24.2 Å². The number of carbonyl (C=O) groups is 2. The normalized spacial score (nSPS) is 18.8. The zero-order valence-electron chi connectivity index (χ0n) is 17.0. The van der Waals surface area contributed by atoms with Gasteiger partial charge in [-0.25, -0.2) is 0 Å². The van der Waals surface area contributed by atoms with Crippen LogP contribution in [0.3, 0.4) is 0 Å². The summed E-state index contributed by atoms with van der Waals surface area (Å²) in [6, 6.07) is 13.1. The first-order valence-corrected chi connectivity index (χ1v) is 12.4. The van der Waals surface area contributed by atoms with Crippen molar-refractivity contribution in [2.45, 2.75) is 38.7 Å². The second-order valence-corrected chi connectivity index (χ2v) is 10.2. The van der Waals surface area contributed by atoms with E-state index in [1.54, 1.807) is 6.08 Å². The van der Waals surface area contributed by atoms with Gasteiger partial charge in [0.1, 0.15) is 12.4 Å². The summed E-state index contributed by atoms with van der Waals surface area (Å²) < 4.78 is 6.88. The van der Waals surface area contributed by atoms with Gasteiger partial charge in [-0.15, -0.1) is 0 Å². The minimum absolute atomic E-state index is 0.185. The van der Waals surface area contributed by atoms with E-state index in [4.69, 9.17) is 16.3 Å². The van der Waals surface area contributed by atoms with Crippen molar-refractivity contribution in [3.8, 4) is 5.75 Å². The van der Waals surface area contributed by atoms with Gasteiger partial charge in [-0.1, -0.05) is 65.0 Å². The molecule has 4 rings (SSSR count). The Labute approximate surface area is 200 Å². The van der Waals surface area contributed by atoms with Crippen LogP contribution in [-0.4, -0.2) is 22.6 Å². The quantitative estimate of drug-likeness (QED) is 0.375. The zero-order chi connectivity index (χ0) is 21.8. The molecule has 4 nitrogen and oxygen atoms in total. The molecule has 0 unspecified atom stereocenters. The van der Waals surface area contributed by atoms with Crippen LogP contribution in [0.15, 0.2) is 51.8 Å². The van der Waals surface area contributed by atoms with Gasteiger partial charge in [0.05, 0.1) is 4.91 Å². The van der Waals surface area contributed by atoms with Gasteiger partial charge >= 0.3 is 0 Å². The maximum atomic E-state index is 13.0. The molecule has 0 aromatic heterocycles. The van der Waals surface area contributed by atoms with E-state index < -0.39 is 0 Å². The van der Waals surface area contributed by atoms with Crippen LogP contribution >= 0.6 is 39.3 Å². The molecule has 2 fully saturated rings. The van der Waals surface area contributed by atoms with Crippen molar-refractivity contribution < 1.29 is 14.3 Å². The number of hydrogen-bond acceptors (Lipinski definition) is 4. The average Bonchev–Trinajstić information content (AvgIpc) is 3.02. The Balaban J connectivity index is 1.52. The average molecular weight is 521 g/mol. The summed E-state index contributed by atoms with van der Waals surface area (Å²) in [5.74, 6) is 0.835. The number of imide groups is 1. The van der Waals surface area contributed by atoms with Gasteiger partial charge in [0, 0.05) is 27.2 Å². The largest absolute Gasteiger partial charge is 0.488 e. The molecule has 2 aromatic carbocycles. The highest BCUT2D eigenvalue weighted by molar-refractivity contribution is 9.10. The van der Waals surface area contributed by atoms with E-state index in [0.29, 0.717) is 34.7 Å². The van der Waals surface area contributed by atoms with Gasteiger partial charge in [-0.2, -0.15) is 0 Å². The predicted molar refractivity (Wildman–Crippen MR) is 129 cm³/mol. The molecular weight excluding hydrogens is 498 g/mol. The molecule has 0 bridgehead atoms. The van der Waals surface area contributed by atoms with Gasteiger partial charge in [0.2, 0.25) is 0 Å². The number of halogens is 2. The summed E-state index contributed by atoms with van der Waals surface area (Å²) >= 11 is 10.7. The van der Waals surface area contributed by atoms with Crippen molar-refractivity contribution in [3.05, 3.63) is 68.0 Å². The van der Waals surface area contributed by atoms with Crippen molar-refractivity contribution in [2.24, 2.45) is 5.92 Å². The van der Waals surface area contributed by atoms with Crippen molar-refractivity contribution in [2.75, 3.05) is 6.54 Å². The van der Waals surface area contributed by atoms with Gasteiger partial charge in [0.25, 0.3) is 11.1 Å². The Kier molecular flexibility index (Phi) is 7.41. The first kappa shape index (κ1) is 22.4. The van der Waals surface area contributed by atoms with Crippen LogP contribution in [0.2, 0.25) is 5.02 Å². The lowest BCUT2D eigenvalue weighted by molar-refractivity contribution is -0.123. The Bertz CT molecular complexity index is 1020. The van der Waals surface area contributed by atoms with Crippen molar-refractivity contribution in [1.82, 2.24) is 4.90 Å². The lowest BCUT2D eigenvalue weighted by Crippen LogP contribution is -2.34. The molecule has 162 valence electrons. The third kappa shape index (κ3) is 5.54. The van der Waals surface area contributed by atoms with E-state index in [1.807, 2.05) is 42.5 Å². The van der Waals surface area contributed by atoms with E-state index in [2.05, 4.69) is 15.9 Å². The van der Waals surface area contributed by atoms with E-state index >= 15 is 0 Å². The third-order valence-electron chi connectivity index (χ3n) is 5.64. The highest BCUT2D eigenvalue weighted by atomic mass is 79.9. The SMILES string of the molecule is O=C1S/C(=C/c2cc(Br)ccc2OCc2ccccc2Cl)C(=O)N1CC1CCCCC1. The van der Waals surface area contributed by atoms with Crippen LogP contribution in [-0.2, 0) is 11.4 Å². The smallest absolute Gasteiger partial charge is 0.293 e. The third-order valence-corrected chi connectivity index (χ3v) is 7.41. The van der Waals surface area contributed by atoms with Crippen LogP contribution in [0.4, 0.5) is 4.79 Å². The first-order valence-electron chi connectivity index (χ1n) is 10.4. The summed E-state index contributed by atoms with van der Waals surface area (Å²) in [4.78, 5) is 27.3. The number of hydrogen-bond donors (Lipinski definition) is 0. The topological polar surface area (TPSA) is 46.6 Å². The lowest BCUT2D eigenvalue weighted by Gasteiger charge is -2.25. The fourth-order valence-electron chi connectivity index (χ4n) is 3.96. The molecule has 0 atom stereocenters. The first-order chi connectivity index (χ1) is 15.0. The van der Waals surface area contributed by atoms with Gasteiger partial charge in [-0.05, 0) is 60.9 Å². The number of amides is 2. The van der Waals surface area contributed by atoms with E-state index in [-0.39, 0.29) is 11.1 Å². The van der Waals surface area contributed by atoms with Crippen molar-refractivity contribution in [1.29, 1.82) is 0 Å². The molecule has 0 N–H and O–H groups in total. The molecular formula is C24H23BrClNO3S. The molecule has 2 amide bonds. The van der Waals surface area contributed by atoms with Crippen LogP contribution in [0.25, 0.3) is 6.08 Å². The Morgan fingerprint density at radius 3 is 2.68 bits per heavy atom. The Hall–Kier alpha value is -1.76. The molecule has 7 heteroatoms. The molecule has 1 aliphatic heterocycles. The summed E-state index contributed by atoms with van der Waals surface area (Å²) in [7, 11) is 0. The van der Waals surface area contributed by atoms with Crippen LogP contribution in [0.5, 0.6) is 5.75 Å². The number of nitrogens with zero attached hydrogens (tertiary/aromatic N) is 1. The van der Waals surface area contributed by atoms with E-state index in [9.17, 15) is 9.59 Å². The number of carbonyl (C=O) groups excluding carboxylic acids is 2. The molecule has 1 heterocycles. The molecule has 1 aliphatic carbocycles. The fourth-order valence-corrected chi connectivity index (χ4v) is 5.37. The summed E-state index contributed by atoms with van der Waals surface area (Å²) in [5.41, 5.74) is 1.62. The number of thioether (sulfide) groups is 1. The second-order valence-electron chi connectivity index (χ2n) is 7.86. The van der Waals surface area contributed by atoms with Gasteiger partial charge in [0.15, 0.2) is 0 Å². The molecule has 1 saturated carbocycles. The van der Waals surface area contributed by atoms with Crippen LogP contribution in [0.1, 0.15) is 43.2 Å². The molecule has 2 aromatic rings. The number of rotatable bonds is 6. The minimum Gasteiger partial charge on any atom is -0.488 e. The Morgan fingerprint density at radius 1 is 1.13 bits per heavy atom. The monoisotopic (exact) mass is 519 g/mol. The summed E-state index contributed by atoms with van der Waals surface area (Å²) in [5, 5.41) is 0.459. The van der Waals surface area contributed by atoms with E-state index in [0.717, 1.165) is 40.2 Å². The highest BCUT2D eigenvalue weighted by Crippen LogP contribution is 2.37. The standard InChI is InChI=1S/C24H23BrClNO3S/c25-19-10-11-21(30-15-17-8-4-5-9-20(17)26)18(12-19)13-22-23(28)27(24(29)31-22)14-16-6-2-1-3-7-16/h4-5,8-13,16H,1-3,6-7,14-15H2/b22-13+. The predicted octanol–water partition coefficient (Wildman–Crippen LogP) is 7.30. The molecule has 0 spiro atoms. The molecule has 31 heavy (non-hydrogen) atoms. The second kappa shape index (κ2) is 10.2. The van der Waals surface area contributed by atoms with Crippen molar-refractivity contribution >= 4 is 56.5 Å². The van der Waals surface area contributed by atoms with Gasteiger partial charge in [-0.3, -0.25) is 14.5 Å². The highest BCUT2D eigenvalue weighted by Gasteiger charge is 2.36. The van der Waals surface area contributed by atoms with Crippen molar-refractivity contribution in [3.63, 3.8) is 0 Å². The number of ether oxygens (including phenoxy) is 1. The maximum Gasteiger partial charge on any atom is 0.293 e. The molecule has 2 aliphatic rings. The summed E-state index contributed by atoms with van der Waals surface area (Å²) in [6.45, 7) is 0.835. The fraction of sp³-hybridized carbons (Fsp3) is 0.333. The number of benzene rings is 2. The summed E-state index contributed by atoms with van der Waals surface area (Å²) in [6.07, 6.45) is 7.54. The molecule has 1 saturated heterocycles. The maximum absolute atomic E-state index is 13.0. The lowest BCUT2D eigenvalue weighted by atomic mass is 9.89. The van der Waals surface area contributed by atoms with Crippen LogP contribution < -0.4 is 4.74 Å². The van der Waals surface area contributed by atoms with Gasteiger partial charge < -0.3 is 4.74 Å².